The maximum Gasteiger partial charge on any atom is 0.154 e. The smallest absolute Gasteiger partial charge is 0.154 e. The Morgan fingerprint density at radius 1 is 1.38 bits per heavy atom. The summed E-state index contributed by atoms with van der Waals surface area (Å²) in [6, 6.07) is 8.99. The van der Waals surface area contributed by atoms with E-state index in [1.807, 2.05) is 12.1 Å². The third kappa shape index (κ3) is 2.39. The lowest BCUT2D eigenvalue weighted by molar-refractivity contribution is 0.415. The van der Waals surface area contributed by atoms with E-state index in [4.69, 9.17) is 26.5 Å². The largest absolute Gasteiger partial charge is 0.495 e. The Kier molecular flexibility index (Phi) is 3.64. The molecule has 6 nitrogen and oxygen atoms in total. The van der Waals surface area contributed by atoms with Gasteiger partial charge in [-0.15, -0.1) is 5.10 Å². The molecule has 2 N–H and O–H groups in total. The topological polar surface area (TPSA) is 79.1 Å². The molecule has 0 aliphatic rings. The van der Waals surface area contributed by atoms with Gasteiger partial charge in [0.2, 0.25) is 0 Å². The van der Waals surface area contributed by atoms with Crippen molar-refractivity contribution in [2.45, 2.75) is 6.54 Å². The fourth-order valence-electron chi connectivity index (χ4n) is 2.08. The molecule has 3 rings (SSSR count). The van der Waals surface area contributed by atoms with Crippen molar-refractivity contribution in [3.05, 3.63) is 47.3 Å². The lowest BCUT2D eigenvalue weighted by atomic mass is 10.2. The highest BCUT2D eigenvalue weighted by Gasteiger charge is 2.18. The standard InChI is InChI=1S/C14H13ClN4O2/c1-20-12-5-4-9(7-10(12)15)19-14(11(8-16)17-18-19)13-3-2-6-21-13/h2-7H,8,16H2,1H3. The number of rotatable bonds is 4. The summed E-state index contributed by atoms with van der Waals surface area (Å²) in [6.45, 7) is 0.264. The van der Waals surface area contributed by atoms with E-state index in [0.29, 0.717) is 27.9 Å². The van der Waals surface area contributed by atoms with Crippen LogP contribution in [0, 0.1) is 0 Å². The van der Waals surface area contributed by atoms with Gasteiger partial charge in [0.25, 0.3) is 0 Å². The molecule has 0 amide bonds. The van der Waals surface area contributed by atoms with E-state index in [-0.39, 0.29) is 6.54 Å². The molecule has 0 unspecified atom stereocenters. The van der Waals surface area contributed by atoms with Crippen molar-refractivity contribution in [3.8, 4) is 22.9 Å². The Hall–Kier alpha value is -2.31. The van der Waals surface area contributed by atoms with Crippen molar-refractivity contribution in [2.24, 2.45) is 5.73 Å². The van der Waals surface area contributed by atoms with Crippen LogP contribution in [0.25, 0.3) is 17.1 Å². The van der Waals surface area contributed by atoms with Gasteiger partial charge in [-0.05, 0) is 30.3 Å². The molecule has 0 radical (unpaired) electrons. The fourth-order valence-corrected chi connectivity index (χ4v) is 2.33. The summed E-state index contributed by atoms with van der Waals surface area (Å²) in [5.41, 5.74) is 7.83. The summed E-state index contributed by atoms with van der Waals surface area (Å²) in [5.74, 6) is 1.24. The van der Waals surface area contributed by atoms with Gasteiger partial charge < -0.3 is 14.9 Å². The van der Waals surface area contributed by atoms with E-state index < -0.39 is 0 Å². The van der Waals surface area contributed by atoms with Crippen LogP contribution in [0.2, 0.25) is 5.02 Å². The molecule has 0 bridgehead atoms. The van der Waals surface area contributed by atoms with Crippen molar-refractivity contribution in [3.63, 3.8) is 0 Å². The van der Waals surface area contributed by atoms with Crippen molar-refractivity contribution in [1.82, 2.24) is 15.0 Å². The molecule has 0 saturated heterocycles. The molecule has 7 heteroatoms. The first kappa shape index (κ1) is 13.7. The molecule has 108 valence electrons. The molecule has 3 aromatic rings. The monoisotopic (exact) mass is 304 g/mol. The zero-order chi connectivity index (χ0) is 14.8. The number of halogens is 1. The van der Waals surface area contributed by atoms with Gasteiger partial charge in [0, 0.05) is 6.54 Å². The van der Waals surface area contributed by atoms with Crippen LogP contribution >= 0.6 is 11.6 Å². The second kappa shape index (κ2) is 5.59. The number of aromatic nitrogens is 3. The predicted octanol–water partition coefficient (Wildman–Crippen LogP) is 2.65. The van der Waals surface area contributed by atoms with Gasteiger partial charge in [-0.2, -0.15) is 0 Å². The normalized spacial score (nSPS) is 10.8. The number of nitrogens with two attached hydrogens (primary N) is 1. The van der Waals surface area contributed by atoms with Gasteiger partial charge in [-0.1, -0.05) is 16.8 Å². The molecule has 2 aromatic heterocycles. The van der Waals surface area contributed by atoms with Gasteiger partial charge in [0.15, 0.2) is 5.76 Å². The first-order valence-corrected chi connectivity index (χ1v) is 6.65. The zero-order valence-corrected chi connectivity index (χ0v) is 12.0. The summed E-state index contributed by atoms with van der Waals surface area (Å²) in [6.07, 6.45) is 1.59. The number of ether oxygens (including phenoxy) is 1. The molecule has 0 aliphatic carbocycles. The first-order chi connectivity index (χ1) is 10.2. The third-order valence-electron chi connectivity index (χ3n) is 3.07. The molecular formula is C14H13ClN4O2. The second-order valence-electron chi connectivity index (χ2n) is 4.30. The van der Waals surface area contributed by atoms with Gasteiger partial charge >= 0.3 is 0 Å². The lowest BCUT2D eigenvalue weighted by Crippen LogP contribution is -2.02. The van der Waals surface area contributed by atoms with Gasteiger partial charge in [-0.25, -0.2) is 4.68 Å². The number of nitrogens with zero attached hydrogens (tertiary/aromatic N) is 3. The van der Waals surface area contributed by atoms with Crippen LogP contribution in [0.5, 0.6) is 5.75 Å². The summed E-state index contributed by atoms with van der Waals surface area (Å²) in [4.78, 5) is 0. The highest BCUT2D eigenvalue weighted by Crippen LogP contribution is 2.30. The maximum absolute atomic E-state index is 6.16. The predicted molar refractivity (Wildman–Crippen MR) is 78.5 cm³/mol. The van der Waals surface area contributed by atoms with Crippen LogP contribution in [0.3, 0.4) is 0 Å². The molecule has 1 aromatic carbocycles. The Morgan fingerprint density at radius 3 is 2.86 bits per heavy atom. The number of hydrogen-bond acceptors (Lipinski definition) is 5. The van der Waals surface area contributed by atoms with Crippen molar-refractivity contribution in [1.29, 1.82) is 0 Å². The van der Waals surface area contributed by atoms with Gasteiger partial charge in [0.1, 0.15) is 17.1 Å². The SMILES string of the molecule is COc1ccc(-n2nnc(CN)c2-c2ccco2)cc1Cl. The minimum atomic E-state index is 0.264. The Morgan fingerprint density at radius 2 is 2.24 bits per heavy atom. The quantitative estimate of drug-likeness (QED) is 0.801. The van der Waals surface area contributed by atoms with E-state index in [9.17, 15) is 0 Å². The van der Waals surface area contributed by atoms with Crippen LogP contribution in [0.15, 0.2) is 41.0 Å². The second-order valence-corrected chi connectivity index (χ2v) is 4.70. The molecular weight excluding hydrogens is 292 g/mol. The molecule has 0 spiro atoms. The number of hydrogen-bond donors (Lipinski definition) is 1. The third-order valence-corrected chi connectivity index (χ3v) is 3.36. The van der Waals surface area contributed by atoms with Crippen LogP contribution < -0.4 is 10.5 Å². The molecule has 2 heterocycles. The first-order valence-electron chi connectivity index (χ1n) is 6.27. The van der Waals surface area contributed by atoms with Crippen LogP contribution in [-0.2, 0) is 6.54 Å². The average Bonchev–Trinajstić information content (AvgIpc) is 3.15. The number of benzene rings is 1. The van der Waals surface area contributed by atoms with E-state index in [0.717, 1.165) is 5.69 Å². The van der Waals surface area contributed by atoms with Crippen molar-refractivity contribution in [2.75, 3.05) is 7.11 Å². The maximum atomic E-state index is 6.16. The Balaban J connectivity index is 2.15. The molecule has 0 aliphatic heterocycles. The summed E-state index contributed by atoms with van der Waals surface area (Å²) < 4.78 is 12.2. The molecule has 0 saturated carbocycles. The van der Waals surface area contributed by atoms with Crippen LogP contribution in [0.4, 0.5) is 0 Å². The van der Waals surface area contributed by atoms with E-state index in [1.54, 1.807) is 36.3 Å². The average molecular weight is 305 g/mol. The Bertz CT molecular complexity index is 752. The van der Waals surface area contributed by atoms with E-state index in [2.05, 4.69) is 10.3 Å². The summed E-state index contributed by atoms with van der Waals surface area (Å²) in [5, 5.41) is 8.72. The molecule has 0 atom stereocenters. The lowest BCUT2D eigenvalue weighted by Gasteiger charge is -2.08. The minimum Gasteiger partial charge on any atom is -0.495 e. The summed E-state index contributed by atoms with van der Waals surface area (Å²) >= 11 is 6.16. The molecule has 21 heavy (non-hydrogen) atoms. The van der Waals surface area contributed by atoms with Crippen molar-refractivity contribution >= 4 is 11.6 Å². The van der Waals surface area contributed by atoms with E-state index >= 15 is 0 Å². The highest BCUT2D eigenvalue weighted by molar-refractivity contribution is 6.32. The van der Waals surface area contributed by atoms with Gasteiger partial charge in [0.05, 0.1) is 24.1 Å². The highest BCUT2D eigenvalue weighted by atomic mass is 35.5. The minimum absolute atomic E-state index is 0.264. The number of furan rings is 1. The summed E-state index contributed by atoms with van der Waals surface area (Å²) in [7, 11) is 1.57. The number of methoxy groups -OCH3 is 1. The van der Waals surface area contributed by atoms with E-state index in [1.165, 1.54) is 0 Å². The Labute approximate surface area is 126 Å². The fraction of sp³-hybridized carbons (Fsp3) is 0.143. The van der Waals surface area contributed by atoms with Crippen LogP contribution in [-0.4, -0.2) is 22.1 Å². The zero-order valence-electron chi connectivity index (χ0n) is 11.3. The van der Waals surface area contributed by atoms with Crippen LogP contribution in [0.1, 0.15) is 5.69 Å². The van der Waals surface area contributed by atoms with Gasteiger partial charge in [-0.3, -0.25) is 0 Å². The molecule has 0 fully saturated rings. The van der Waals surface area contributed by atoms with Crippen molar-refractivity contribution < 1.29 is 9.15 Å².